The molecule has 1 unspecified atom stereocenters. The van der Waals surface area contributed by atoms with Gasteiger partial charge in [0.1, 0.15) is 0 Å². The molecule has 1 atom stereocenters. The molecule has 1 spiro atoms. The number of hydrogen-bond donors (Lipinski definition) is 1. The predicted octanol–water partition coefficient (Wildman–Crippen LogP) is 6.84. The lowest BCUT2D eigenvalue weighted by molar-refractivity contribution is -0.384. The maximum Gasteiger partial charge on any atom is 0.426 e. The molecule has 2 saturated carbocycles. The summed E-state index contributed by atoms with van der Waals surface area (Å²) in [5, 5.41) is 9.46. The number of allylic oxidation sites excluding steroid dienone is 3. The summed E-state index contributed by atoms with van der Waals surface area (Å²) in [6.45, 7) is 0. The summed E-state index contributed by atoms with van der Waals surface area (Å²) in [4.78, 5) is 0. The van der Waals surface area contributed by atoms with Crippen LogP contribution in [0.5, 0.6) is 0 Å². The molecule has 0 radical (unpaired) electrons. The van der Waals surface area contributed by atoms with Crippen LogP contribution in [0.2, 0.25) is 0 Å². The first-order valence-corrected chi connectivity index (χ1v) is 8.94. The van der Waals surface area contributed by atoms with E-state index in [0.29, 0.717) is 0 Å². The number of aliphatic hydroxyl groups is 1. The van der Waals surface area contributed by atoms with Crippen LogP contribution in [-0.2, 0) is 0 Å². The molecule has 2 aliphatic carbocycles. The topological polar surface area (TPSA) is 20.2 Å². The van der Waals surface area contributed by atoms with Crippen LogP contribution in [0.15, 0.2) is 24.1 Å². The van der Waals surface area contributed by atoms with Gasteiger partial charge in [0.25, 0.3) is 5.60 Å². The lowest BCUT2D eigenvalue weighted by atomic mass is 9.61. The summed E-state index contributed by atoms with van der Waals surface area (Å²) >= 11 is 0. The van der Waals surface area contributed by atoms with E-state index in [-0.39, 0.29) is 11.3 Å². The number of halogens is 9. The van der Waals surface area contributed by atoms with Crippen molar-refractivity contribution in [2.75, 3.05) is 0 Å². The second-order valence-corrected chi connectivity index (χ2v) is 7.87. The Hall–Kier alpha value is -1.19. The zero-order chi connectivity index (χ0) is 21.4. The molecular weight excluding hydrogens is 403 g/mol. The van der Waals surface area contributed by atoms with E-state index in [4.69, 9.17) is 0 Å². The molecule has 0 amide bonds. The minimum Gasteiger partial charge on any atom is -0.373 e. The number of hydrogen-bond acceptors (Lipinski definition) is 1. The zero-order valence-corrected chi connectivity index (χ0v) is 14.8. The highest BCUT2D eigenvalue weighted by Gasteiger charge is 2.73. The Morgan fingerprint density at radius 2 is 1.46 bits per heavy atom. The van der Waals surface area contributed by atoms with Crippen molar-refractivity contribution in [1.29, 1.82) is 0 Å². The third kappa shape index (κ3) is 4.52. The van der Waals surface area contributed by atoms with Crippen molar-refractivity contribution in [3.63, 3.8) is 0 Å². The summed E-state index contributed by atoms with van der Waals surface area (Å²) in [6.07, 6.45) is -10.1. The molecular formula is C18H21F9O. The van der Waals surface area contributed by atoms with Gasteiger partial charge in [-0.3, -0.25) is 0 Å². The average molecular weight is 424 g/mol. The van der Waals surface area contributed by atoms with Crippen molar-refractivity contribution in [3.05, 3.63) is 24.1 Å². The van der Waals surface area contributed by atoms with Crippen molar-refractivity contribution in [2.24, 2.45) is 17.3 Å². The van der Waals surface area contributed by atoms with E-state index >= 15 is 0 Å². The first kappa shape index (κ1) is 23.1. The van der Waals surface area contributed by atoms with Gasteiger partial charge in [0.05, 0.1) is 0 Å². The van der Waals surface area contributed by atoms with Crippen molar-refractivity contribution in [3.8, 4) is 0 Å². The first-order valence-electron chi connectivity index (χ1n) is 8.94. The van der Waals surface area contributed by atoms with Crippen LogP contribution in [0.3, 0.4) is 0 Å². The second kappa shape index (κ2) is 7.91. The van der Waals surface area contributed by atoms with E-state index in [1.165, 1.54) is 6.08 Å². The number of rotatable bonds is 6. The average Bonchev–Trinajstić information content (AvgIpc) is 2.99. The zero-order valence-electron chi connectivity index (χ0n) is 14.8. The van der Waals surface area contributed by atoms with Gasteiger partial charge in [-0.1, -0.05) is 25.0 Å². The van der Waals surface area contributed by atoms with Crippen molar-refractivity contribution < 1.29 is 44.6 Å². The van der Waals surface area contributed by atoms with Crippen LogP contribution in [0.25, 0.3) is 0 Å². The summed E-state index contributed by atoms with van der Waals surface area (Å²) in [5.74, 6) is -5.30. The summed E-state index contributed by atoms with van der Waals surface area (Å²) in [5.41, 5.74) is -5.11. The van der Waals surface area contributed by atoms with Crippen molar-refractivity contribution >= 4 is 0 Å². The van der Waals surface area contributed by atoms with Crippen LogP contribution >= 0.6 is 0 Å². The summed E-state index contributed by atoms with van der Waals surface area (Å²) in [6, 6.07) is 0. The van der Waals surface area contributed by atoms with Gasteiger partial charge in [0.2, 0.25) is 0 Å². The van der Waals surface area contributed by atoms with E-state index in [0.717, 1.165) is 44.6 Å². The normalized spacial score (nSPS) is 21.9. The van der Waals surface area contributed by atoms with Crippen LogP contribution in [0.1, 0.15) is 51.4 Å². The minimum atomic E-state index is -6.21. The third-order valence-corrected chi connectivity index (χ3v) is 5.97. The van der Waals surface area contributed by atoms with E-state index < -0.39 is 48.6 Å². The first-order chi connectivity index (χ1) is 12.7. The Labute approximate surface area is 156 Å². The molecule has 162 valence electrons. The maximum absolute atomic E-state index is 13.2. The van der Waals surface area contributed by atoms with Crippen molar-refractivity contribution in [2.45, 2.75) is 69.3 Å². The molecule has 1 nitrogen and oxygen atoms in total. The van der Waals surface area contributed by atoms with Crippen LogP contribution < -0.4 is 0 Å². The van der Waals surface area contributed by atoms with Gasteiger partial charge >= 0.3 is 18.4 Å². The van der Waals surface area contributed by atoms with Gasteiger partial charge in [-0.15, -0.1) is 0 Å². The highest BCUT2D eigenvalue weighted by molar-refractivity contribution is 5.09. The molecule has 2 aliphatic rings. The fourth-order valence-corrected chi connectivity index (χ4v) is 4.48. The smallest absolute Gasteiger partial charge is 0.373 e. The monoisotopic (exact) mass is 424 g/mol. The van der Waals surface area contributed by atoms with Crippen LogP contribution in [0.4, 0.5) is 39.5 Å². The minimum absolute atomic E-state index is 0.0260. The van der Waals surface area contributed by atoms with E-state index in [2.05, 4.69) is 0 Å². The van der Waals surface area contributed by atoms with E-state index in [1.807, 2.05) is 0 Å². The fraction of sp³-hybridized carbons (Fsp3) is 0.778. The van der Waals surface area contributed by atoms with Gasteiger partial charge in [0, 0.05) is 12.3 Å². The lowest BCUT2D eigenvalue weighted by Gasteiger charge is -2.44. The Morgan fingerprint density at radius 3 is 1.89 bits per heavy atom. The maximum atomic E-state index is 13.2. The largest absolute Gasteiger partial charge is 0.426 e. The molecule has 0 bridgehead atoms. The standard InChI is InChI=1S/C18H21F9O/c19-13(14(20)21)8-12(16(28,17(22,23)24)18(25,26)27)5-3-4-11-9-15(10-11)6-1-2-7-15/h3-4,11-12,28H,1-2,5-10H2. The van der Waals surface area contributed by atoms with Crippen LogP contribution in [-0.4, -0.2) is 23.1 Å². The molecule has 0 aromatic heterocycles. The fourth-order valence-electron chi connectivity index (χ4n) is 4.48. The summed E-state index contributed by atoms with van der Waals surface area (Å²) < 4.78 is 116. The second-order valence-electron chi connectivity index (χ2n) is 7.87. The quantitative estimate of drug-likeness (QED) is 0.366. The molecule has 0 aromatic carbocycles. The lowest BCUT2D eigenvalue weighted by Crippen LogP contribution is -2.61. The molecule has 2 rings (SSSR count). The highest BCUT2D eigenvalue weighted by Crippen LogP contribution is 2.57. The molecule has 28 heavy (non-hydrogen) atoms. The Balaban J connectivity index is 2.17. The Bertz CT molecular complexity index is 586. The highest BCUT2D eigenvalue weighted by atomic mass is 19.4. The molecule has 0 saturated heterocycles. The predicted molar refractivity (Wildman–Crippen MR) is 82.9 cm³/mol. The Kier molecular flexibility index (Phi) is 6.53. The van der Waals surface area contributed by atoms with Gasteiger partial charge in [0.15, 0.2) is 5.83 Å². The summed E-state index contributed by atoms with van der Waals surface area (Å²) in [7, 11) is 0. The SMILES string of the molecule is OC(C(CC=CC1CC2(CCCC2)C1)CC(F)=C(F)F)(C(F)(F)F)C(F)(F)F. The number of alkyl halides is 6. The Morgan fingerprint density at radius 1 is 0.964 bits per heavy atom. The van der Waals surface area contributed by atoms with Crippen molar-refractivity contribution in [1.82, 2.24) is 0 Å². The molecule has 0 aliphatic heterocycles. The van der Waals surface area contributed by atoms with E-state index in [1.54, 1.807) is 0 Å². The molecule has 2 fully saturated rings. The molecule has 0 heterocycles. The van der Waals surface area contributed by atoms with Gasteiger partial charge in [-0.2, -0.15) is 35.1 Å². The molecule has 1 N–H and O–H groups in total. The molecule has 10 heteroatoms. The van der Waals surface area contributed by atoms with Gasteiger partial charge < -0.3 is 5.11 Å². The van der Waals surface area contributed by atoms with E-state index in [9.17, 15) is 44.6 Å². The van der Waals surface area contributed by atoms with Gasteiger partial charge in [-0.05, 0) is 43.4 Å². The molecule has 0 aromatic rings. The third-order valence-electron chi connectivity index (χ3n) is 5.97. The van der Waals surface area contributed by atoms with Gasteiger partial charge in [-0.25, -0.2) is 4.39 Å². The van der Waals surface area contributed by atoms with Crippen LogP contribution in [0, 0.1) is 17.3 Å².